The lowest BCUT2D eigenvalue weighted by Gasteiger charge is -2.07. The normalized spacial score (nSPS) is 11.5. The first kappa shape index (κ1) is 18.1. The van der Waals surface area contributed by atoms with Gasteiger partial charge in [0.2, 0.25) is 0 Å². The van der Waals surface area contributed by atoms with Crippen molar-refractivity contribution in [3.8, 4) is 28.5 Å². The Bertz CT molecular complexity index is 1660. The number of thiophene rings is 1. The van der Waals surface area contributed by atoms with Gasteiger partial charge in [0.15, 0.2) is 10.5 Å². The smallest absolute Gasteiger partial charge is 0.276 e. The minimum absolute atomic E-state index is 0.183. The van der Waals surface area contributed by atoms with Crippen molar-refractivity contribution in [2.45, 2.75) is 0 Å². The Hall–Kier alpha value is -3.75. The van der Waals surface area contributed by atoms with Crippen LogP contribution in [0, 0.1) is 4.77 Å². The lowest BCUT2D eigenvalue weighted by molar-refractivity contribution is 0.579. The van der Waals surface area contributed by atoms with Crippen LogP contribution in [0.25, 0.3) is 48.9 Å². The summed E-state index contributed by atoms with van der Waals surface area (Å²) in [6, 6.07) is 18.6. The average molecular weight is 444 g/mol. The summed E-state index contributed by atoms with van der Waals surface area (Å²) in [4.78, 5) is 22.2. The molecule has 0 spiro atoms. The van der Waals surface area contributed by atoms with E-state index >= 15 is 0 Å². The van der Waals surface area contributed by atoms with Crippen LogP contribution < -0.4 is 5.56 Å². The van der Waals surface area contributed by atoms with Crippen LogP contribution in [0.4, 0.5) is 0 Å². The molecule has 8 heteroatoms. The number of aromatic amines is 1. The lowest BCUT2D eigenvalue weighted by atomic mass is 10.1. The molecule has 1 aromatic carbocycles. The average Bonchev–Trinajstić information content (AvgIpc) is 3.55. The molecule has 150 valence electrons. The molecular formula is C23H13N3O3S2. The molecule has 0 unspecified atom stereocenters. The molecule has 0 fully saturated rings. The molecule has 0 bridgehead atoms. The van der Waals surface area contributed by atoms with E-state index in [0.717, 1.165) is 10.9 Å². The highest BCUT2D eigenvalue weighted by Crippen LogP contribution is 2.39. The number of pyridine rings is 1. The third-order valence-corrected chi connectivity index (χ3v) is 6.43. The summed E-state index contributed by atoms with van der Waals surface area (Å²) in [6.07, 6.45) is 3.22. The van der Waals surface area contributed by atoms with Crippen molar-refractivity contribution in [1.82, 2.24) is 14.5 Å². The molecule has 0 radical (unpaired) electrons. The monoisotopic (exact) mass is 443 g/mol. The van der Waals surface area contributed by atoms with Crippen LogP contribution in [0.5, 0.6) is 0 Å². The van der Waals surface area contributed by atoms with E-state index in [4.69, 9.17) is 26.0 Å². The number of nitrogens with one attached hydrogen (secondary N) is 1. The maximum Gasteiger partial charge on any atom is 0.276 e. The van der Waals surface area contributed by atoms with Gasteiger partial charge < -0.3 is 13.8 Å². The fourth-order valence-electron chi connectivity index (χ4n) is 3.71. The molecule has 31 heavy (non-hydrogen) atoms. The Labute approximate surface area is 184 Å². The van der Waals surface area contributed by atoms with E-state index in [9.17, 15) is 4.79 Å². The Morgan fingerprint density at radius 1 is 0.968 bits per heavy atom. The zero-order valence-electron chi connectivity index (χ0n) is 15.9. The van der Waals surface area contributed by atoms with Crippen LogP contribution in [0.2, 0.25) is 0 Å². The fraction of sp³-hybridized carbons (Fsp3) is 0. The molecule has 6 rings (SSSR count). The molecule has 5 heterocycles. The lowest BCUT2D eigenvalue weighted by Crippen LogP contribution is -2.19. The van der Waals surface area contributed by atoms with Crippen LogP contribution in [-0.2, 0) is 0 Å². The molecule has 0 atom stereocenters. The number of nitrogens with zero attached hydrogens (tertiary/aromatic N) is 2. The van der Waals surface area contributed by atoms with Gasteiger partial charge in [-0.1, -0.05) is 18.2 Å². The third kappa shape index (κ3) is 2.80. The molecule has 0 aliphatic rings. The maximum absolute atomic E-state index is 13.4. The van der Waals surface area contributed by atoms with Gasteiger partial charge >= 0.3 is 0 Å². The highest BCUT2D eigenvalue weighted by Gasteiger charge is 2.20. The van der Waals surface area contributed by atoms with Crippen LogP contribution in [-0.4, -0.2) is 14.5 Å². The van der Waals surface area contributed by atoms with Crippen LogP contribution in [0.15, 0.2) is 86.8 Å². The van der Waals surface area contributed by atoms with E-state index < -0.39 is 0 Å². The van der Waals surface area contributed by atoms with Gasteiger partial charge in [-0.3, -0.25) is 9.36 Å². The molecule has 0 aliphatic carbocycles. The number of furan rings is 2. The van der Waals surface area contributed by atoms with Crippen molar-refractivity contribution >= 4 is 44.0 Å². The summed E-state index contributed by atoms with van der Waals surface area (Å²) in [5.74, 6) is 1.31. The van der Waals surface area contributed by atoms with Crippen molar-refractivity contribution in [2.75, 3.05) is 0 Å². The highest BCUT2D eigenvalue weighted by atomic mass is 32.1. The fourth-order valence-corrected chi connectivity index (χ4v) is 5.09. The predicted octanol–water partition coefficient (Wildman–Crippen LogP) is 6.18. The minimum Gasteiger partial charge on any atom is -0.464 e. The summed E-state index contributed by atoms with van der Waals surface area (Å²) in [5.41, 5.74) is 2.67. The van der Waals surface area contributed by atoms with Gasteiger partial charge in [0.25, 0.3) is 5.56 Å². The first-order valence-electron chi connectivity index (χ1n) is 9.46. The summed E-state index contributed by atoms with van der Waals surface area (Å²) in [7, 11) is 0. The van der Waals surface area contributed by atoms with Crippen molar-refractivity contribution < 1.29 is 8.83 Å². The maximum atomic E-state index is 13.4. The number of hydrogen-bond donors (Lipinski definition) is 1. The van der Waals surface area contributed by atoms with Gasteiger partial charge in [-0.05, 0) is 54.7 Å². The van der Waals surface area contributed by atoms with Gasteiger partial charge in [-0.25, -0.2) is 4.98 Å². The van der Waals surface area contributed by atoms with Gasteiger partial charge in [-0.15, -0.1) is 11.3 Å². The molecule has 6 nitrogen and oxygen atoms in total. The van der Waals surface area contributed by atoms with Crippen molar-refractivity contribution in [3.63, 3.8) is 0 Å². The van der Waals surface area contributed by atoms with E-state index in [2.05, 4.69) is 4.98 Å². The van der Waals surface area contributed by atoms with Crippen LogP contribution >= 0.6 is 23.6 Å². The van der Waals surface area contributed by atoms with Gasteiger partial charge in [0.1, 0.15) is 21.0 Å². The van der Waals surface area contributed by atoms with E-state index in [-0.39, 0.29) is 5.56 Å². The second-order valence-corrected chi connectivity index (χ2v) is 8.29. The first-order valence-corrected chi connectivity index (χ1v) is 10.7. The minimum atomic E-state index is -0.183. The first-order chi connectivity index (χ1) is 15.2. The molecule has 0 aliphatic heterocycles. The molecule has 0 amide bonds. The molecule has 0 saturated carbocycles. The van der Waals surface area contributed by atoms with Crippen molar-refractivity contribution in [1.29, 1.82) is 0 Å². The zero-order chi connectivity index (χ0) is 20.9. The molecule has 1 N–H and O–H groups in total. The summed E-state index contributed by atoms with van der Waals surface area (Å²) in [5, 5.41) is 0.800. The third-order valence-electron chi connectivity index (χ3n) is 5.07. The SMILES string of the molecule is O=c1c2sc3nc(-c4ccco4)cc(-c4ccco4)c3c2[nH]c(=S)n1-c1ccccc1. The number of para-hydroxylation sites is 1. The van der Waals surface area contributed by atoms with E-state index in [1.807, 2.05) is 60.7 Å². The Morgan fingerprint density at radius 2 is 1.71 bits per heavy atom. The van der Waals surface area contributed by atoms with Crippen molar-refractivity contribution in [2.24, 2.45) is 0 Å². The number of fused-ring (bicyclic) bond motifs is 3. The van der Waals surface area contributed by atoms with Gasteiger partial charge in [-0.2, -0.15) is 0 Å². The number of hydrogen-bond acceptors (Lipinski definition) is 6. The quantitative estimate of drug-likeness (QED) is 0.331. The molecule has 6 aromatic rings. The summed E-state index contributed by atoms with van der Waals surface area (Å²) in [6.45, 7) is 0. The van der Waals surface area contributed by atoms with Gasteiger partial charge in [0.05, 0.1) is 23.7 Å². The number of aromatic nitrogens is 3. The Kier molecular flexibility index (Phi) is 4.02. The Balaban J connectivity index is 1.74. The standard InChI is InChI=1S/C23H13N3O3S2/c27-22-20-19(25-23(30)26(22)13-6-2-1-3-7-13)18-14(16-8-4-10-28-16)12-15(24-21(18)31-20)17-9-5-11-29-17/h1-12H,(H,25,30). The van der Waals surface area contributed by atoms with E-state index in [1.54, 1.807) is 12.5 Å². The summed E-state index contributed by atoms with van der Waals surface area (Å²) < 4.78 is 13.6. The topological polar surface area (TPSA) is 77.0 Å². The summed E-state index contributed by atoms with van der Waals surface area (Å²) >= 11 is 6.89. The van der Waals surface area contributed by atoms with Crippen molar-refractivity contribution in [3.05, 3.63) is 88.3 Å². The largest absolute Gasteiger partial charge is 0.464 e. The second-order valence-electron chi connectivity index (χ2n) is 6.90. The molecular weight excluding hydrogens is 430 g/mol. The second kappa shape index (κ2) is 6.90. The van der Waals surface area contributed by atoms with Gasteiger partial charge in [0, 0.05) is 10.9 Å². The number of benzene rings is 1. The molecule has 5 aromatic heterocycles. The van der Waals surface area contributed by atoms with Crippen LogP contribution in [0.1, 0.15) is 0 Å². The number of H-pyrrole nitrogens is 1. The zero-order valence-corrected chi connectivity index (χ0v) is 17.5. The van der Waals surface area contributed by atoms with E-state index in [1.165, 1.54) is 15.9 Å². The van der Waals surface area contributed by atoms with E-state index in [0.29, 0.717) is 42.7 Å². The Morgan fingerprint density at radius 3 is 2.42 bits per heavy atom. The van der Waals surface area contributed by atoms with Crippen LogP contribution in [0.3, 0.4) is 0 Å². The molecule has 0 saturated heterocycles. The predicted molar refractivity (Wildman–Crippen MR) is 123 cm³/mol. The highest BCUT2D eigenvalue weighted by molar-refractivity contribution is 7.71. The number of rotatable bonds is 3.